The number of hydrogen-bond acceptors (Lipinski definition) is 5. The molecule has 26 heavy (non-hydrogen) atoms. The molecule has 0 saturated carbocycles. The monoisotopic (exact) mass is 361 g/mol. The molecule has 7 heteroatoms. The van der Waals surface area contributed by atoms with Gasteiger partial charge >= 0.3 is 0 Å². The van der Waals surface area contributed by atoms with Gasteiger partial charge in [0.1, 0.15) is 0 Å². The highest BCUT2D eigenvalue weighted by Crippen LogP contribution is 2.20. The van der Waals surface area contributed by atoms with Crippen LogP contribution in [0.3, 0.4) is 0 Å². The number of amides is 2. The quantitative estimate of drug-likeness (QED) is 0.811. The summed E-state index contributed by atoms with van der Waals surface area (Å²) in [6, 6.07) is -0.166. The van der Waals surface area contributed by atoms with Crippen molar-refractivity contribution in [2.45, 2.75) is 65.3 Å². The Bertz CT molecular complexity index is 612. The van der Waals surface area contributed by atoms with E-state index in [0.717, 1.165) is 30.3 Å². The molecule has 1 aliphatic rings. The topological polar surface area (TPSA) is 87.2 Å². The summed E-state index contributed by atoms with van der Waals surface area (Å²) in [5, 5.41) is 5.57. The standard InChI is InChI=1S/C19H31N5O2/c1-14(22-18(26)9-10-20-16(3)25)17-13-21-19(23-15(17)2)24-11-7-5-4-6-8-12-24/h13-14H,4-12H2,1-3H3,(H,20,25)(H,22,26)/t14-/m0/s1. The predicted molar refractivity (Wildman–Crippen MR) is 102 cm³/mol. The molecule has 1 aromatic rings. The first-order valence-corrected chi connectivity index (χ1v) is 9.59. The van der Waals surface area contributed by atoms with Crippen molar-refractivity contribution in [3.05, 3.63) is 17.5 Å². The van der Waals surface area contributed by atoms with Crippen LogP contribution in [0, 0.1) is 6.92 Å². The Morgan fingerprint density at radius 3 is 2.46 bits per heavy atom. The highest BCUT2D eigenvalue weighted by atomic mass is 16.2. The van der Waals surface area contributed by atoms with Crippen LogP contribution in [0.5, 0.6) is 0 Å². The van der Waals surface area contributed by atoms with Crippen LogP contribution in [0.25, 0.3) is 0 Å². The average molecular weight is 361 g/mol. The molecule has 2 N–H and O–H groups in total. The number of nitrogens with zero attached hydrogens (tertiary/aromatic N) is 3. The fourth-order valence-corrected chi connectivity index (χ4v) is 3.23. The number of aromatic nitrogens is 2. The van der Waals surface area contributed by atoms with E-state index in [1.54, 1.807) is 0 Å². The van der Waals surface area contributed by atoms with Gasteiger partial charge in [0.15, 0.2) is 0 Å². The van der Waals surface area contributed by atoms with Crippen molar-refractivity contribution in [1.82, 2.24) is 20.6 Å². The molecule has 0 radical (unpaired) electrons. The lowest BCUT2D eigenvalue weighted by Crippen LogP contribution is -2.32. The van der Waals surface area contributed by atoms with Crippen LogP contribution in [-0.4, -0.2) is 41.4 Å². The molecule has 0 bridgehead atoms. The highest BCUT2D eigenvalue weighted by Gasteiger charge is 2.17. The molecule has 0 aliphatic carbocycles. The van der Waals surface area contributed by atoms with Gasteiger partial charge in [0, 0.05) is 50.4 Å². The summed E-state index contributed by atoms with van der Waals surface area (Å²) in [6.45, 7) is 7.69. The van der Waals surface area contributed by atoms with Crippen molar-refractivity contribution in [2.24, 2.45) is 0 Å². The number of nitrogens with one attached hydrogen (secondary N) is 2. The van der Waals surface area contributed by atoms with E-state index in [1.165, 1.54) is 39.0 Å². The summed E-state index contributed by atoms with van der Waals surface area (Å²) in [6.07, 6.45) is 8.33. The molecule has 7 nitrogen and oxygen atoms in total. The molecule has 144 valence electrons. The van der Waals surface area contributed by atoms with Crippen LogP contribution in [0.4, 0.5) is 5.95 Å². The third-order valence-corrected chi connectivity index (χ3v) is 4.71. The van der Waals surface area contributed by atoms with Crippen LogP contribution >= 0.6 is 0 Å². The molecule has 0 spiro atoms. The van der Waals surface area contributed by atoms with E-state index in [9.17, 15) is 9.59 Å². The Kier molecular flexibility index (Phi) is 7.81. The molecule has 1 aromatic heterocycles. The van der Waals surface area contributed by atoms with Gasteiger partial charge in [0.25, 0.3) is 0 Å². The summed E-state index contributed by atoms with van der Waals surface area (Å²) in [5.41, 5.74) is 1.82. The molecule has 0 aromatic carbocycles. The van der Waals surface area contributed by atoms with Crippen molar-refractivity contribution >= 4 is 17.8 Å². The van der Waals surface area contributed by atoms with E-state index in [-0.39, 0.29) is 24.3 Å². The Labute approximate surface area is 156 Å². The van der Waals surface area contributed by atoms with E-state index in [1.807, 2.05) is 20.0 Å². The maximum Gasteiger partial charge on any atom is 0.225 e. The molecule has 1 aliphatic heterocycles. The second-order valence-corrected chi connectivity index (χ2v) is 6.99. The summed E-state index contributed by atoms with van der Waals surface area (Å²) in [7, 11) is 0. The van der Waals surface area contributed by atoms with Gasteiger partial charge in [0.2, 0.25) is 17.8 Å². The lowest BCUT2D eigenvalue weighted by atomic mass is 10.1. The van der Waals surface area contributed by atoms with Crippen LogP contribution in [0.2, 0.25) is 0 Å². The Morgan fingerprint density at radius 1 is 1.19 bits per heavy atom. The SMILES string of the molecule is CC(=O)NCCC(=O)N[C@@H](C)c1cnc(N2CCCCCCC2)nc1C. The summed E-state index contributed by atoms with van der Waals surface area (Å²) in [4.78, 5) is 34.4. The zero-order valence-corrected chi connectivity index (χ0v) is 16.2. The molecule has 2 heterocycles. The van der Waals surface area contributed by atoms with Crippen molar-refractivity contribution in [1.29, 1.82) is 0 Å². The molecule has 1 fully saturated rings. The Hall–Kier alpha value is -2.18. The van der Waals surface area contributed by atoms with Gasteiger partial charge in [-0.1, -0.05) is 19.3 Å². The van der Waals surface area contributed by atoms with Crippen molar-refractivity contribution < 1.29 is 9.59 Å². The fourth-order valence-electron chi connectivity index (χ4n) is 3.23. The Balaban J connectivity index is 1.94. The summed E-state index contributed by atoms with van der Waals surface area (Å²) >= 11 is 0. The smallest absolute Gasteiger partial charge is 0.225 e. The van der Waals surface area contributed by atoms with E-state index in [2.05, 4.69) is 25.5 Å². The zero-order chi connectivity index (χ0) is 18.9. The van der Waals surface area contributed by atoms with Crippen molar-refractivity contribution in [2.75, 3.05) is 24.5 Å². The third-order valence-electron chi connectivity index (χ3n) is 4.71. The normalized spacial score (nSPS) is 16.3. The van der Waals surface area contributed by atoms with Gasteiger partial charge in [-0.25, -0.2) is 9.97 Å². The van der Waals surface area contributed by atoms with Crippen molar-refractivity contribution in [3.63, 3.8) is 0 Å². The Morgan fingerprint density at radius 2 is 1.85 bits per heavy atom. The van der Waals surface area contributed by atoms with Crippen LogP contribution in [0.15, 0.2) is 6.20 Å². The minimum absolute atomic E-state index is 0.0986. The first kappa shape index (κ1) is 20.1. The van der Waals surface area contributed by atoms with Crippen molar-refractivity contribution in [3.8, 4) is 0 Å². The molecule has 1 atom stereocenters. The van der Waals surface area contributed by atoms with Crippen LogP contribution in [0.1, 0.15) is 69.7 Å². The highest BCUT2D eigenvalue weighted by molar-refractivity contribution is 5.78. The van der Waals surface area contributed by atoms with E-state index >= 15 is 0 Å². The first-order valence-electron chi connectivity index (χ1n) is 9.59. The van der Waals surface area contributed by atoms with Crippen LogP contribution < -0.4 is 15.5 Å². The van der Waals surface area contributed by atoms with Gasteiger partial charge < -0.3 is 15.5 Å². The number of carbonyl (C=O) groups is 2. The minimum Gasteiger partial charge on any atom is -0.356 e. The van der Waals surface area contributed by atoms with Crippen LogP contribution in [-0.2, 0) is 9.59 Å². The summed E-state index contributed by atoms with van der Waals surface area (Å²) in [5.74, 6) is 0.561. The van der Waals surface area contributed by atoms with E-state index in [0.29, 0.717) is 6.54 Å². The van der Waals surface area contributed by atoms with Gasteiger partial charge in [-0.3, -0.25) is 9.59 Å². The molecular formula is C19H31N5O2. The molecule has 2 amide bonds. The van der Waals surface area contributed by atoms with Gasteiger partial charge in [-0.15, -0.1) is 0 Å². The number of hydrogen-bond donors (Lipinski definition) is 2. The second kappa shape index (κ2) is 10.1. The second-order valence-electron chi connectivity index (χ2n) is 6.99. The number of rotatable bonds is 6. The fraction of sp³-hybridized carbons (Fsp3) is 0.684. The van der Waals surface area contributed by atoms with Gasteiger partial charge in [0.05, 0.1) is 6.04 Å². The first-order chi connectivity index (χ1) is 12.5. The van der Waals surface area contributed by atoms with Gasteiger partial charge in [-0.2, -0.15) is 0 Å². The molecule has 0 unspecified atom stereocenters. The largest absolute Gasteiger partial charge is 0.356 e. The van der Waals surface area contributed by atoms with E-state index < -0.39 is 0 Å². The van der Waals surface area contributed by atoms with Gasteiger partial charge in [-0.05, 0) is 26.7 Å². The number of carbonyl (C=O) groups excluding carboxylic acids is 2. The number of aryl methyl sites for hydroxylation is 1. The van der Waals surface area contributed by atoms with E-state index in [4.69, 9.17) is 0 Å². The maximum atomic E-state index is 12.0. The molecular weight excluding hydrogens is 330 g/mol. The lowest BCUT2D eigenvalue weighted by Gasteiger charge is -2.25. The third kappa shape index (κ3) is 6.28. The maximum absolute atomic E-state index is 12.0. The average Bonchev–Trinajstić information content (AvgIpc) is 2.53. The zero-order valence-electron chi connectivity index (χ0n) is 16.2. The number of anilines is 1. The molecule has 2 rings (SSSR count). The molecule has 1 saturated heterocycles. The minimum atomic E-state index is -0.166. The lowest BCUT2D eigenvalue weighted by molar-refractivity contribution is -0.122. The predicted octanol–water partition coefficient (Wildman–Crippen LogP) is 2.26. The summed E-state index contributed by atoms with van der Waals surface area (Å²) < 4.78 is 0.